The van der Waals surface area contributed by atoms with Gasteiger partial charge in [0.05, 0.1) is 0 Å². The minimum atomic E-state index is 0.892. The minimum absolute atomic E-state index is 0.892. The number of hydrogen-bond donors (Lipinski definition) is 0. The van der Waals surface area contributed by atoms with Crippen LogP contribution in [0.2, 0.25) is 0 Å². The van der Waals surface area contributed by atoms with E-state index in [2.05, 4.69) is 37.6 Å². The van der Waals surface area contributed by atoms with E-state index in [9.17, 15) is 0 Å². The first-order chi connectivity index (χ1) is 24.4. The van der Waals surface area contributed by atoms with Crippen LogP contribution in [0, 0.1) is 0 Å². The van der Waals surface area contributed by atoms with Crippen molar-refractivity contribution in [3.63, 3.8) is 0 Å². The van der Waals surface area contributed by atoms with Gasteiger partial charge in [0.15, 0.2) is 0 Å². The lowest BCUT2D eigenvalue weighted by atomic mass is 10.0. The van der Waals surface area contributed by atoms with E-state index in [1.54, 1.807) is 0 Å². The molecule has 0 bridgehead atoms. The summed E-state index contributed by atoms with van der Waals surface area (Å²) in [6.45, 7) is 4.62. The fourth-order valence-corrected chi connectivity index (χ4v) is 8.11. The molecule has 0 saturated carbocycles. The van der Waals surface area contributed by atoms with E-state index in [1.807, 2.05) is 0 Å². The van der Waals surface area contributed by atoms with Gasteiger partial charge in [-0.05, 0) is 25.7 Å². The summed E-state index contributed by atoms with van der Waals surface area (Å²) in [6, 6.07) is 0. The number of allylic oxidation sites excluding steroid dienone is 2. The second kappa shape index (κ2) is 47.9. The van der Waals surface area contributed by atoms with Gasteiger partial charge in [-0.25, -0.2) is 0 Å². The summed E-state index contributed by atoms with van der Waals surface area (Å²) in [5, 5.41) is 0. The fraction of sp³-hybridized carbons (Fsp3) is 0.917. The maximum absolute atomic E-state index is 2.44. The topological polar surface area (TPSA) is 0 Å². The molecular formula is C48H95P. The van der Waals surface area contributed by atoms with E-state index < -0.39 is 0 Å². The van der Waals surface area contributed by atoms with Gasteiger partial charge in [0.1, 0.15) is 0 Å². The zero-order valence-electron chi connectivity index (χ0n) is 34.5. The highest BCUT2D eigenvalue weighted by molar-refractivity contribution is 7.45. The molecular weight excluding hydrogens is 608 g/mol. The average Bonchev–Trinajstić information content (AvgIpc) is 3.11. The molecule has 0 radical (unpaired) electrons. The Bertz CT molecular complexity index is 554. The highest BCUT2D eigenvalue weighted by Gasteiger charge is 1.97. The quantitative estimate of drug-likeness (QED) is 0.0438. The Kier molecular flexibility index (Phi) is 47.8. The average molecular weight is 703 g/mol. The van der Waals surface area contributed by atoms with E-state index in [1.165, 1.54) is 270 Å². The van der Waals surface area contributed by atoms with Crippen LogP contribution in [0.15, 0.2) is 23.8 Å². The predicted octanol–water partition coefficient (Wildman–Crippen LogP) is 19.1. The van der Waals surface area contributed by atoms with Crippen molar-refractivity contribution >= 4 is 8.58 Å². The second-order valence-corrected chi connectivity index (χ2v) is 17.0. The van der Waals surface area contributed by atoms with Crippen molar-refractivity contribution < 1.29 is 0 Å². The highest BCUT2D eigenvalue weighted by Crippen LogP contribution is 2.19. The zero-order chi connectivity index (χ0) is 35.2. The third-order valence-electron chi connectivity index (χ3n) is 10.9. The molecule has 0 nitrogen and oxygen atoms in total. The van der Waals surface area contributed by atoms with Gasteiger partial charge < -0.3 is 0 Å². The molecule has 0 saturated heterocycles. The number of hydrogen-bond acceptors (Lipinski definition) is 0. The molecule has 0 aliphatic heterocycles. The van der Waals surface area contributed by atoms with E-state index in [0.717, 1.165) is 8.58 Å². The van der Waals surface area contributed by atoms with E-state index in [0.29, 0.717) is 0 Å². The fourth-order valence-electron chi connectivity index (χ4n) is 7.39. The molecule has 1 heteroatoms. The van der Waals surface area contributed by atoms with Crippen molar-refractivity contribution in [2.45, 2.75) is 284 Å². The van der Waals surface area contributed by atoms with E-state index >= 15 is 0 Å². The summed E-state index contributed by atoms with van der Waals surface area (Å²) in [6.07, 6.45) is 66.0. The molecule has 0 aromatic heterocycles. The van der Waals surface area contributed by atoms with Crippen LogP contribution in [0.1, 0.15) is 284 Å². The molecule has 0 N–H and O–H groups in total. The van der Waals surface area contributed by atoms with Crippen molar-refractivity contribution in [3.05, 3.63) is 23.8 Å². The predicted molar refractivity (Wildman–Crippen MR) is 232 cm³/mol. The summed E-state index contributed by atoms with van der Waals surface area (Å²) in [7, 11) is 0.892. The first kappa shape index (κ1) is 48.9. The Morgan fingerprint density at radius 1 is 0.224 bits per heavy atom. The van der Waals surface area contributed by atoms with Crippen LogP contribution in [0.4, 0.5) is 0 Å². The van der Waals surface area contributed by atoms with E-state index in [4.69, 9.17) is 0 Å². The van der Waals surface area contributed by atoms with Crippen LogP contribution in [0.3, 0.4) is 0 Å². The SMILES string of the molecule is CCCCCCCCCCCCCCCCCCCCCCC=CPC=CCCCCCCCCCCCCCCCCCCCCCC. The van der Waals surface area contributed by atoms with Gasteiger partial charge in [0, 0.05) is 0 Å². The van der Waals surface area contributed by atoms with Crippen LogP contribution in [0.5, 0.6) is 0 Å². The first-order valence-electron chi connectivity index (χ1n) is 23.5. The Balaban J connectivity index is 3.14. The molecule has 49 heavy (non-hydrogen) atoms. The van der Waals surface area contributed by atoms with Crippen LogP contribution in [0.25, 0.3) is 0 Å². The lowest BCUT2D eigenvalue weighted by Gasteiger charge is -2.04. The molecule has 0 aliphatic carbocycles. The van der Waals surface area contributed by atoms with Crippen molar-refractivity contribution in [1.82, 2.24) is 0 Å². The summed E-state index contributed by atoms with van der Waals surface area (Å²) < 4.78 is 0. The lowest BCUT2D eigenvalue weighted by Crippen LogP contribution is -1.84. The van der Waals surface area contributed by atoms with Gasteiger partial charge in [0.25, 0.3) is 0 Å². The molecule has 0 aromatic rings. The van der Waals surface area contributed by atoms with Crippen LogP contribution < -0.4 is 0 Å². The molecule has 0 spiro atoms. The standard InChI is InChI=1S/C48H95P/c1-3-5-7-9-11-13-15-17-19-21-23-25-27-29-31-33-35-37-39-41-43-45-47-49-48-46-44-42-40-38-36-34-32-30-28-26-24-22-20-18-16-14-12-10-8-6-4-2/h45-49H,3-44H2,1-2H3. The lowest BCUT2D eigenvalue weighted by molar-refractivity contribution is 0.522. The minimum Gasteiger partial charge on any atom is -0.0840 e. The summed E-state index contributed by atoms with van der Waals surface area (Å²) in [5.74, 6) is 4.84. The molecule has 0 aromatic carbocycles. The van der Waals surface area contributed by atoms with Crippen LogP contribution in [-0.4, -0.2) is 0 Å². The molecule has 0 atom stereocenters. The molecule has 292 valence electrons. The Hall–Kier alpha value is -0.0900. The maximum Gasteiger partial charge on any atom is -0.0347 e. The Morgan fingerprint density at radius 3 is 0.571 bits per heavy atom. The van der Waals surface area contributed by atoms with Gasteiger partial charge in [-0.3, -0.25) is 0 Å². The Morgan fingerprint density at radius 2 is 0.388 bits per heavy atom. The normalized spacial score (nSPS) is 12.2. The molecule has 0 amide bonds. The summed E-state index contributed by atoms with van der Waals surface area (Å²) >= 11 is 0. The molecule has 0 aliphatic rings. The van der Waals surface area contributed by atoms with Crippen LogP contribution >= 0.6 is 8.58 Å². The first-order valence-corrected chi connectivity index (χ1v) is 24.6. The number of rotatable bonds is 44. The second-order valence-electron chi connectivity index (χ2n) is 16.0. The van der Waals surface area contributed by atoms with Crippen molar-refractivity contribution in [2.75, 3.05) is 0 Å². The smallest absolute Gasteiger partial charge is 0.0347 e. The van der Waals surface area contributed by atoms with Gasteiger partial charge in [-0.1, -0.05) is 290 Å². The van der Waals surface area contributed by atoms with Gasteiger partial charge in [0.2, 0.25) is 0 Å². The van der Waals surface area contributed by atoms with Gasteiger partial charge in [-0.2, -0.15) is 0 Å². The van der Waals surface area contributed by atoms with Gasteiger partial charge in [-0.15, -0.1) is 0 Å². The van der Waals surface area contributed by atoms with Crippen LogP contribution in [-0.2, 0) is 0 Å². The molecule has 0 heterocycles. The largest absolute Gasteiger partial charge is 0.0840 e. The molecule has 0 rings (SSSR count). The van der Waals surface area contributed by atoms with Crippen molar-refractivity contribution in [2.24, 2.45) is 0 Å². The maximum atomic E-state index is 2.44. The monoisotopic (exact) mass is 703 g/mol. The number of unbranched alkanes of at least 4 members (excludes halogenated alkanes) is 40. The van der Waals surface area contributed by atoms with E-state index in [-0.39, 0.29) is 0 Å². The highest BCUT2D eigenvalue weighted by atomic mass is 31.1. The molecule has 0 unspecified atom stereocenters. The van der Waals surface area contributed by atoms with Crippen molar-refractivity contribution in [1.29, 1.82) is 0 Å². The summed E-state index contributed by atoms with van der Waals surface area (Å²) in [4.78, 5) is 0. The Labute approximate surface area is 314 Å². The molecule has 0 fully saturated rings. The van der Waals surface area contributed by atoms with Gasteiger partial charge >= 0.3 is 0 Å². The third-order valence-corrected chi connectivity index (χ3v) is 11.7. The zero-order valence-corrected chi connectivity index (χ0v) is 35.5. The third kappa shape index (κ3) is 47.9. The van der Waals surface area contributed by atoms with Crippen molar-refractivity contribution in [3.8, 4) is 0 Å². The summed E-state index contributed by atoms with van der Waals surface area (Å²) in [5.41, 5.74) is 0.